The summed E-state index contributed by atoms with van der Waals surface area (Å²) in [7, 11) is 0. The summed E-state index contributed by atoms with van der Waals surface area (Å²) in [5, 5.41) is 7.27. The maximum atomic E-state index is 12.5. The summed E-state index contributed by atoms with van der Waals surface area (Å²) in [6, 6.07) is -0.335. The van der Waals surface area contributed by atoms with Crippen LogP contribution < -0.4 is 15.5 Å². The summed E-state index contributed by atoms with van der Waals surface area (Å²) < 4.78 is 1.42. The molecule has 0 bridgehead atoms. The molecule has 3 rings (SSSR count). The van der Waals surface area contributed by atoms with Crippen LogP contribution in [0.4, 0.5) is 4.79 Å². The zero-order valence-electron chi connectivity index (χ0n) is 14.2. The second-order valence-electron chi connectivity index (χ2n) is 6.61. The monoisotopic (exact) mass is 366 g/mol. The van der Waals surface area contributed by atoms with Crippen molar-refractivity contribution in [2.45, 2.75) is 51.1 Å². The highest BCUT2D eigenvalue weighted by molar-refractivity contribution is 7.07. The molecule has 136 valence electrons. The second-order valence-corrected chi connectivity index (χ2v) is 7.43. The van der Waals surface area contributed by atoms with Gasteiger partial charge in [0.2, 0.25) is 5.91 Å². The highest BCUT2D eigenvalue weighted by atomic mass is 32.1. The Hall–Kier alpha value is -2.16. The van der Waals surface area contributed by atoms with Crippen LogP contribution in [0.3, 0.4) is 0 Å². The van der Waals surface area contributed by atoms with Crippen LogP contribution in [0, 0.1) is 6.92 Å². The molecule has 0 aromatic carbocycles. The number of thiazole rings is 1. The van der Waals surface area contributed by atoms with Crippen LogP contribution in [-0.4, -0.2) is 45.9 Å². The van der Waals surface area contributed by atoms with Crippen molar-refractivity contribution in [1.82, 2.24) is 20.1 Å². The number of hydrogen-bond acceptors (Lipinski definition) is 5. The number of hydrogen-bond donors (Lipinski definition) is 2. The third kappa shape index (κ3) is 3.46. The van der Waals surface area contributed by atoms with E-state index in [2.05, 4.69) is 10.6 Å². The third-order valence-corrected chi connectivity index (χ3v) is 5.74. The van der Waals surface area contributed by atoms with E-state index in [0.29, 0.717) is 25.8 Å². The third-order valence-electron chi connectivity index (χ3n) is 4.86. The van der Waals surface area contributed by atoms with Gasteiger partial charge >= 0.3 is 10.9 Å². The lowest BCUT2D eigenvalue weighted by molar-refractivity contribution is -0.131. The average molecular weight is 366 g/mol. The molecule has 1 saturated heterocycles. The van der Waals surface area contributed by atoms with Gasteiger partial charge in [-0.15, -0.1) is 0 Å². The van der Waals surface area contributed by atoms with E-state index in [1.807, 2.05) is 0 Å². The van der Waals surface area contributed by atoms with Crippen LogP contribution in [0.1, 0.15) is 37.8 Å². The number of nitrogens with zero attached hydrogens (tertiary/aromatic N) is 2. The molecular weight excluding hydrogens is 344 g/mol. The van der Waals surface area contributed by atoms with E-state index in [4.69, 9.17) is 0 Å². The number of imide groups is 1. The highest BCUT2D eigenvalue weighted by Crippen LogP contribution is 2.34. The minimum atomic E-state index is -0.683. The molecule has 2 N–H and O–H groups in total. The van der Waals surface area contributed by atoms with Gasteiger partial charge in [-0.05, 0) is 26.2 Å². The summed E-state index contributed by atoms with van der Waals surface area (Å²) in [5.74, 6) is -0.394. The molecule has 1 aromatic heterocycles. The molecule has 0 unspecified atom stereocenters. The number of rotatable bonds is 6. The van der Waals surface area contributed by atoms with Crippen molar-refractivity contribution in [2.24, 2.45) is 0 Å². The summed E-state index contributed by atoms with van der Waals surface area (Å²) in [6.07, 6.45) is 3.81. The Balaban J connectivity index is 1.44. The molecule has 1 spiro atoms. The number of carbonyl (C=O) groups is 3. The lowest BCUT2D eigenvalue weighted by atomic mass is 9.98. The van der Waals surface area contributed by atoms with Crippen LogP contribution in [0.15, 0.2) is 10.2 Å². The number of amides is 4. The van der Waals surface area contributed by atoms with E-state index in [0.717, 1.165) is 29.9 Å². The van der Waals surface area contributed by atoms with Crippen molar-refractivity contribution >= 4 is 29.2 Å². The molecule has 9 heteroatoms. The fraction of sp³-hybridized carbons (Fsp3) is 0.625. The summed E-state index contributed by atoms with van der Waals surface area (Å²) in [5.41, 5.74) is 0.0733. The van der Waals surface area contributed by atoms with Gasteiger partial charge in [0.1, 0.15) is 12.1 Å². The first kappa shape index (κ1) is 17.7. The second kappa shape index (κ2) is 6.99. The van der Waals surface area contributed by atoms with E-state index < -0.39 is 5.54 Å². The van der Waals surface area contributed by atoms with E-state index in [9.17, 15) is 19.2 Å². The Morgan fingerprint density at radius 2 is 2.04 bits per heavy atom. The van der Waals surface area contributed by atoms with Crippen LogP contribution in [0.25, 0.3) is 0 Å². The average Bonchev–Trinajstić information content (AvgIpc) is 3.22. The van der Waals surface area contributed by atoms with Crippen molar-refractivity contribution in [2.75, 3.05) is 13.1 Å². The lowest BCUT2D eigenvalue weighted by Gasteiger charge is -2.20. The molecule has 2 fully saturated rings. The standard InChI is InChI=1S/C16H22N4O4S/c1-11-10-25-15(24)20(11)9-12(21)17-7-4-8-19-13(22)16(18-14(19)23)5-2-3-6-16/h10H,2-9H2,1H3,(H,17,21)(H,18,23). The fourth-order valence-corrected chi connectivity index (χ4v) is 4.19. The molecule has 1 aromatic rings. The molecule has 0 atom stereocenters. The maximum absolute atomic E-state index is 12.5. The van der Waals surface area contributed by atoms with Crippen LogP contribution >= 0.6 is 11.3 Å². The smallest absolute Gasteiger partial charge is 0.325 e. The largest absolute Gasteiger partial charge is 0.354 e. The molecular formula is C16H22N4O4S. The Bertz CT molecular complexity index is 748. The predicted molar refractivity (Wildman–Crippen MR) is 92.4 cm³/mol. The normalized spacial score (nSPS) is 18.8. The SMILES string of the molecule is Cc1csc(=O)n1CC(=O)NCCCN1C(=O)NC2(CCCC2)C1=O. The van der Waals surface area contributed by atoms with Gasteiger partial charge in [-0.3, -0.25) is 23.9 Å². The van der Waals surface area contributed by atoms with Crippen molar-refractivity contribution < 1.29 is 14.4 Å². The lowest BCUT2D eigenvalue weighted by Crippen LogP contribution is -2.44. The molecule has 2 aliphatic rings. The van der Waals surface area contributed by atoms with E-state index in [-0.39, 0.29) is 35.8 Å². The van der Waals surface area contributed by atoms with E-state index in [1.54, 1.807) is 12.3 Å². The summed E-state index contributed by atoms with van der Waals surface area (Å²) in [4.78, 5) is 49.1. The first-order valence-electron chi connectivity index (χ1n) is 8.49. The predicted octanol–water partition coefficient (Wildman–Crippen LogP) is 0.589. The van der Waals surface area contributed by atoms with Crippen LogP contribution in [0.2, 0.25) is 0 Å². The molecule has 1 aliphatic carbocycles. The maximum Gasteiger partial charge on any atom is 0.325 e. The molecule has 25 heavy (non-hydrogen) atoms. The molecule has 1 aliphatic heterocycles. The van der Waals surface area contributed by atoms with Crippen molar-refractivity contribution in [3.05, 3.63) is 20.7 Å². The van der Waals surface area contributed by atoms with Crippen LogP contribution in [-0.2, 0) is 16.1 Å². The quantitative estimate of drug-likeness (QED) is 0.568. The molecule has 2 heterocycles. The minimum absolute atomic E-state index is 0.0135. The fourth-order valence-electron chi connectivity index (χ4n) is 3.46. The van der Waals surface area contributed by atoms with Gasteiger partial charge in [0.15, 0.2) is 0 Å². The van der Waals surface area contributed by atoms with E-state index >= 15 is 0 Å². The van der Waals surface area contributed by atoms with Gasteiger partial charge in [-0.25, -0.2) is 4.79 Å². The molecule has 0 radical (unpaired) electrons. The minimum Gasteiger partial charge on any atom is -0.354 e. The first-order chi connectivity index (χ1) is 11.9. The Kier molecular flexibility index (Phi) is 4.94. The number of aryl methyl sites for hydroxylation is 1. The first-order valence-corrected chi connectivity index (χ1v) is 9.37. The molecule has 1 saturated carbocycles. The topological polar surface area (TPSA) is 101 Å². The Labute approximate surface area is 149 Å². The highest BCUT2D eigenvalue weighted by Gasteiger charge is 2.51. The van der Waals surface area contributed by atoms with Crippen molar-refractivity contribution in [3.8, 4) is 0 Å². The zero-order chi connectivity index (χ0) is 18.0. The molecule has 4 amide bonds. The number of aromatic nitrogens is 1. The number of nitrogens with one attached hydrogen (secondary N) is 2. The molecule has 8 nitrogen and oxygen atoms in total. The van der Waals surface area contributed by atoms with Crippen molar-refractivity contribution in [3.63, 3.8) is 0 Å². The Morgan fingerprint density at radius 3 is 2.68 bits per heavy atom. The Morgan fingerprint density at radius 1 is 1.32 bits per heavy atom. The van der Waals surface area contributed by atoms with Gasteiger partial charge < -0.3 is 10.6 Å². The van der Waals surface area contributed by atoms with Gasteiger partial charge in [0.25, 0.3) is 5.91 Å². The number of urea groups is 1. The van der Waals surface area contributed by atoms with Gasteiger partial charge in [0, 0.05) is 24.2 Å². The summed E-state index contributed by atoms with van der Waals surface area (Å²) in [6.45, 7) is 2.40. The van der Waals surface area contributed by atoms with Crippen molar-refractivity contribution in [1.29, 1.82) is 0 Å². The van der Waals surface area contributed by atoms with Gasteiger partial charge in [0.05, 0.1) is 0 Å². The number of carbonyl (C=O) groups excluding carboxylic acids is 3. The van der Waals surface area contributed by atoms with E-state index in [1.165, 1.54) is 9.47 Å². The summed E-state index contributed by atoms with van der Waals surface area (Å²) >= 11 is 1.07. The zero-order valence-corrected chi connectivity index (χ0v) is 15.0. The van der Waals surface area contributed by atoms with Gasteiger partial charge in [-0.2, -0.15) is 0 Å². The van der Waals surface area contributed by atoms with Gasteiger partial charge in [-0.1, -0.05) is 24.2 Å². The van der Waals surface area contributed by atoms with Crippen LogP contribution in [0.5, 0.6) is 0 Å².